The highest BCUT2D eigenvalue weighted by molar-refractivity contribution is 5.76. The lowest BCUT2D eigenvalue weighted by Gasteiger charge is -2.35. The van der Waals surface area contributed by atoms with Crippen LogP contribution in [0, 0.1) is 5.92 Å². The molecule has 1 aliphatic rings. The van der Waals surface area contributed by atoms with E-state index in [4.69, 9.17) is 0 Å². The Labute approximate surface area is 106 Å². The van der Waals surface area contributed by atoms with Gasteiger partial charge in [-0.25, -0.2) is 0 Å². The van der Waals surface area contributed by atoms with E-state index in [1.807, 2.05) is 11.9 Å². The number of hydrogen-bond donors (Lipinski definition) is 1. The maximum Gasteiger partial charge on any atom is 0.222 e. The van der Waals surface area contributed by atoms with Crippen LogP contribution >= 0.6 is 0 Å². The maximum absolute atomic E-state index is 12.0. The third kappa shape index (κ3) is 4.66. The van der Waals surface area contributed by atoms with Crippen LogP contribution in [0.3, 0.4) is 0 Å². The first-order chi connectivity index (χ1) is 8.04. The summed E-state index contributed by atoms with van der Waals surface area (Å²) in [6, 6.07) is 1.14. The number of rotatable bonds is 5. The van der Waals surface area contributed by atoms with E-state index in [-0.39, 0.29) is 0 Å². The third-order valence-corrected chi connectivity index (χ3v) is 3.71. The monoisotopic (exact) mass is 240 g/mol. The quantitative estimate of drug-likeness (QED) is 0.800. The summed E-state index contributed by atoms with van der Waals surface area (Å²) in [6.07, 6.45) is 5.40. The molecule has 0 bridgehead atoms. The van der Waals surface area contributed by atoms with Crippen molar-refractivity contribution in [1.82, 2.24) is 10.2 Å². The van der Waals surface area contributed by atoms with Crippen molar-refractivity contribution in [3.8, 4) is 0 Å². The molecule has 0 saturated heterocycles. The zero-order chi connectivity index (χ0) is 12.8. The predicted molar refractivity (Wildman–Crippen MR) is 71.9 cm³/mol. The number of carbonyl (C=O) groups excluding carboxylic acids is 1. The van der Waals surface area contributed by atoms with E-state index < -0.39 is 0 Å². The molecule has 0 heterocycles. The molecule has 0 spiro atoms. The van der Waals surface area contributed by atoms with Crippen molar-refractivity contribution in [1.29, 1.82) is 0 Å². The molecule has 0 unspecified atom stereocenters. The van der Waals surface area contributed by atoms with Crippen molar-refractivity contribution in [2.45, 2.75) is 65.0 Å². The summed E-state index contributed by atoms with van der Waals surface area (Å²) in [4.78, 5) is 14.0. The molecule has 1 aliphatic carbocycles. The first-order valence-electron chi connectivity index (χ1n) is 7.03. The molecule has 0 aromatic heterocycles. The average molecular weight is 240 g/mol. The van der Waals surface area contributed by atoms with E-state index >= 15 is 0 Å². The molecule has 0 aliphatic heterocycles. The Morgan fingerprint density at radius 1 is 1.29 bits per heavy atom. The second kappa shape index (κ2) is 7.00. The molecular formula is C14H28N2O. The molecule has 0 aromatic rings. The Hall–Kier alpha value is -0.570. The molecule has 3 nitrogen and oxygen atoms in total. The van der Waals surface area contributed by atoms with Gasteiger partial charge in [-0.1, -0.05) is 20.8 Å². The largest absolute Gasteiger partial charge is 0.343 e. The van der Waals surface area contributed by atoms with Gasteiger partial charge in [-0.3, -0.25) is 4.79 Å². The van der Waals surface area contributed by atoms with Gasteiger partial charge >= 0.3 is 0 Å². The fraction of sp³-hybridized carbons (Fsp3) is 0.929. The Kier molecular flexibility index (Phi) is 5.96. The molecule has 0 aromatic carbocycles. The number of hydrogen-bond acceptors (Lipinski definition) is 2. The molecule has 1 rings (SSSR count). The predicted octanol–water partition coefficient (Wildman–Crippen LogP) is 2.41. The van der Waals surface area contributed by atoms with E-state index in [2.05, 4.69) is 26.1 Å². The van der Waals surface area contributed by atoms with Crippen molar-refractivity contribution in [3.05, 3.63) is 0 Å². The van der Waals surface area contributed by atoms with Crippen LogP contribution in [-0.2, 0) is 4.79 Å². The lowest BCUT2D eigenvalue weighted by molar-refractivity contribution is -0.133. The first-order valence-corrected chi connectivity index (χ1v) is 7.03. The van der Waals surface area contributed by atoms with Crippen LogP contribution in [0.1, 0.15) is 52.9 Å². The van der Waals surface area contributed by atoms with Crippen molar-refractivity contribution < 1.29 is 4.79 Å². The third-order valence-electron chi connectivity index (χ3n) is 3.71. The summed E-state index contributed by atoms with van der Waals surface area (Å²) in [5.41, 5.74) is 0. The molecule has 0 radical (unpaired) electrons. The van der Waals surface area contributed by atoms with Crippen LogP contribution in [0.25, 0.3) is 0 Å². The van der Waals surface area contributed by atoms with Crippen molar-refractivity contribution in [2.24, 2.45) is 5.92 Å². The van der Waals surface area contributed by atoms with E-state index in [0.717, 1.165) is 19.4 Å². The maximum atomic E-state index is 12.0. The minimum absolute atomic E-state index is 0.312. The number of amides is 1. The highest BCUT2D eigenvalue weighted by atomic mass is 16.2. The number of carbonyl (C=O) groups is 1. The van der Waals surface area contributed by atoms with Gasteiger partial charge in [-0.2, -0.15) is 0 Å². The standard InChI is InChI=1S/C14H28N2O/c1-5-15-12-6-8-13(9-7-12)16(4)14(17)10-11(2)3/h11-13,15H,5-10H2,1-4H3. The first kappa shape index (κ1) is 14.5. The van der Waals surface area contributed by atoms with E-state index in [9.17, 15) is 4.79 Å². The van der Waals surface area contributed by atoms with Gasteiger partial charge in [0.1, 0.15) is 0 Å². The SMILES string of the molecule is CCNC1CCC(N(C)C(=O)CC(C)C)CC1. The van der Waals surface area contributed by atoms with Crippen LogP contribution in [0.15, 0.2) is 0 Å². The summed E-state index contributed by atoms with van der Waals surface area (Å²) < 4.78 is 0. The van der Waals surface area contributed by atoms with Gasteiger partial charge < -0.3 is 10.2 Å². The fourth-order valence-corrected chi connectivity index (χ4v) is 2.65. The summed E-state index contributed by atoms with van der Waals surface area (Å²) >= 11 is 0. The lowest BCUT2D eigenvalue weighted by atomic mass is 9.90. The van der Waals surface area contributed by atoms with Gasteiger partial charge in [0, 0.05) is 25.6 Å². The van der Waals surface area contributed by atoms with Crippen molar-refractivity contribution in [3.63, 3.8) is 0 Å². The smallest absolute Gasteiger partial charge is 0.222 e. The topological polar surface area (TPSA) is 32.3 Å². The highest BCUT2D eigenvalue weighted by Crippen LogP contribution is 2.23. The van der Waals surface area contributed by atoms with Gasteiger partial charge in [0.15, 0.2) is 0 Å². The van der Waals surface area contributed by atoms with Crippen molar-refractivity contribution in [2.75, 3.05) is 13.6 Å². The minimum Gasteiger partial charge on any atom is -0.343 e. The molecule has 1 fully saturated rings. The molecule has 17 heavy (non-hydrogen) atoms. The van der Waals surface area contributed by atoms with E-state index in [1.165, 1.54) is 12.8 Å². The highest BCUT2D eigenvalue weighted by Gasteiger charge is 2.26. The van der Waals surface area contributed by atoms with Crippen LogP contribution in [0.5, 0.6) is 0 Å². The van der Waals surface area contributed by atoms with E-state index in [0.29, 0.717) is 30.3 Å². The van der Waals surface area contributed by atoms with Gasteiger partial charge in [-0.05, 0) is 38.1 Å². The summed E-state index contributed by atoms with van der Waals surface area (Å²) in [5, 5.41) is 3.50. The molecule has 100 valence electrons. The second-order valence-electron chi connectivity index (χ2n) is 5.67. The Morgan fingerprint density at radius 2 is 1.88 bits per heavy atom. The summed E-state index contributed by atoms with van der Waals surface area (Å²) in [6.45, 7) is 7.42. The van der Waals surface area contributed by atoms with Gasteiger partial charge in [0.2, 0.25) is 5.91 Å². The molecule has 1 N–H and O–H groups in total. The van der Waals surface area contributed by atoms with Gasteiger partial charge in [0.25, 0.3) is 0 Å². The average Bonchev–Trinajstić information content (AvgIpc) is 2.28. The van der Waals surface area contributed by atoms with Gasteiger partial charge in [0.05, 0.1) is 0 Å². The molecular weight excluding hydrogens is 212 g/mol. The molecule has 0 atom stereocenters. The number of nitrogens with one attached hydrogen (secondary N) is 1. The van der Waals surface area contributed by atoms with Crippen LogP contribution in [0.4, 0.5) is 0 Å². The van der Waals surface area contributed by atoms with E-state index in [1.54, 1.807) is 0 Å². The normalized spacial score (nSPS) is 25.0. The molecule has 1 saturated carbocycles. The Balaban J connectivity index is 2.35. The second-order valence-corrected chi connectivity index (χ2v) is 5.67. The molecule has 1 amide bonds. The molecule has 3 heteroatoms. The number of nitrogens with zero attached hydrogens (tertiary/aromatic N) is 1. The van der Waals surface area contributed by atoms with Crippen LogP contribution in [0.2, 0.25) is 0 Å². The summed E-state index contributed by atoms with van der Waals surface area (Å²) in [5.74, 6) is 0.773. The fourth-order valence-electron chi connectivity index (χ4n) is 2.65. The summed E-state index contributed by atoms with van der Waals surface area (Å²) in [7, 11) is 1.98. The Bertz CT molecular complexity index is 232. The Morgan fingerprint density at radius 3 is 2.35 bits per heavy atom. The van der Waals surface area contributed by atoms with Crippen LogP contribution < -0.4 is 5.32 Å². The van der Waals surface area contributed by atoms with Gasteiger partial charge in [-0.15, -0.1) is 0 Å². The van der Waals surface area contributed by atoms with Crippen LogP contribution in [-0.4, -0.2) is 36.5 Å². The van der Waals surface area contributed by atoms with Crippen molar-refractivity contribution >= 4 is 5.91 Å². The lowest BCUT2D eigenvalue weighted by Crippen LogP contribution is -2.43. The zero-order valence-electron chi connectivity index (χ0n) is 11.8. The minimum atomic E-state index is 0.312. The zero-order valence-corrected chi connectivity index (χ0v) is 11.8.